The van der Waals surface area contributed by atoms with Gasteiger partial charge in [-0.05, 0) is 50.3 Å². The predicted octanol–water partition coefficient (Wildman–Crippen LogP) is 2.79. The summed E-state index contributed by atoms with van der Waals surface area (Å²) in [6.07, 6.45) is 1.23. The lowest BCUT2D eigenvalue weighted by molar-refractivity contribution is -0.130. The Balaban J connectivity index is 1.40. The molecule has 0 bridgehead atoms. The minimum atomic E-state index is -0.0658. The number of hydrogen-bond acceptors (Lipinski definition) is 4. The predicted molar refractivity (Wildman–Crippen MR) is 125 cm³/mol. The number of ether oxygens (including phenoxy) is 1. The summed E-state index contributed by atoms with van der Waals surface area (Å²) in [5.74, 6) is 1.43. The molecule has 2 heterocycles. The molecule has 170 valence electrons. The summed E-state index contributed by atoms with van der Waals surface area (Å²) in [7, 11) is 5.80. The Kier molecular flexibility index (Phi) is 6.51. The third kappa shape index (κ3) is 4.65. The molecule has 0 radical (unpaired) electrons. The number of carbonyl (C=O) groups excluding carboxylic acids is 2. The zero-order valence-corrected chi connectivity index (χ0v) is 19.3. The molecule has 2 saturated heterocycles. The van der Waals surface area contributed by atoms with Crippen molar-refractivity contribution in [2.75, 3.05) is 53.9 Å². The quantitative estimate of drug-likeness (QED) is 0.671. The number of hydrogen-bond donors (Lipinski definition) is 0. The van der Waals surface area contributed by atoms with Crippen LogP contribution in [-0.4, -0.2) is 80.4 Å². The van der Waals surface area contributed by atoms with Crippen LogP contribution in [0.15, 0.2) is 54.6 Å². The lowest BCUT2D eigenvalue weighted by Gasteiger charge is -2.32. The van der Waals surface area contributed by atoms with Crippen molar-refractivity contribution in [1.29, 1.82) is 0 Å². The molecule has 2 fully saturated rings. The molecule has 2 aliphatic rings. The molecule has 2 atom stereocenters. The van der Waals surface area contributed by atoms with Crippen LogP contribution in [0.2, 0.25) is 0 Å². The van der Waals surface area contributed by atoms with Gasteiger partial charge in [0.2, 0.25) is 5.91 Å². The molecule has 0 aliphatic carbocycles. The van der Waals surface area contributed by atoms with E-state index in [9.17, 15) is 9.59 Å². The number of rotatable bonds is 7. The van der Waals surface area contributed by atoms with Crippen LogP contribution in [0, 0.1) is 11.3 Å². The van der Waals surface area contributed by atoms with Crippen molar-refractivity contribution in [1.82, 2.24) is 14.7 Å². The van der Waals surface area contributed by atoms with Gasteiger partial charge in [0, 0.05) is 56.0 Å². The fourth-order valence-electron chi connectivity index (χ4n) is 5.34. The van der Waals surface area contributed by atoms with Crippen LogP contribution in [0.25, 0.3) is 0 Å². The van der Waals surface area contributed by atoms with Gasteiger partial charge in [0.1, 0.15) is 5.75 Å². The van der Waals surface area contributed by atoms with Crippen molar-refractivity contribution >= 4 is 11.8 Å². The van der Waals surface area contributed by atoms with Crippen LogP contribution < -0.4 is 4.74 Å². The van der Waals surface area contributed by atoms with E-state index in [2.05, 4.69) is 19.0 Å². The molecule has 2 aromatic carbocycles. The van der Waals surface area contributed by atoms with Crippen molar-refractivity contribution < 1.29 is 14.3 Å². The van der Waals surface area contributed by atoms with E-state index in [-0.39, 0.29) is 17.2 Å². The molecule has 0 saturated carbocycles. The normalized spacial score (nSPS) is 22.3. The number of aryl methyl sites for hydroxylation is 1. The minimum absolute atomic E-state index is 0.0658. The van der Waals surface area contributed by atoms with Gasteiger partial charge in [0.15, 0.2) is 0 Å². The molecule has 2 aromatic rings. The van der Waals surface area contributed by atoms with Gasteiger partial charge in [0.25, 0.3) is 5.91 Å². The summed E-state index contributed by atoms with van der Waals surface area (Å²) < 4.78 is 5.21. The number of likely N-dealkylation sites (tertiary alicyclic amines) is 2. The molecule has 6 heteroatoms. The van der Waals surface area contributed by atoms with E-state index in [0.717, 1.165) is 42.9 Å². The number of nitrogens with zero attached hydrogens (tertiary/aromatic N) is 3. The van der Waals surface area contributed by atoms with Gasteiger partial charge in [0.05, 0.1) is 7.11 Å². The first-order valence-corrected chi connectivity index (χ1v) is 11.3. The Hall–Kier alpha value is -2.86. The fraction of sp³-hybridized carbons (Fsp3) is 0.462. The highest BCUT2D eigenvalue weighted by molar-refractivity contribution is 5.94. The van der Waals surface area contributed by atoms with Gasteiger partial charge in [-0.3, -0.25) is 9.59 Å². The average molecular weight is 436 g/mol. The number of methoxy groups -OCH3 is 1. The summed E-state index contributed by atoms with van der Waals surface area (Å²) in [5, 5.41) is 0. The van der Waals surface area contributed by atoms with Gasteiger partial charge in [-0.15, -0.1) is 0 Å². The van der Waals surface area contributed by atoms with Gasteiger partial charge >= 0.3 is 0 Å². The van der Waals surface area contributed by atoms with E-state index >= 15 is 0 Å². The molecule has 0 spiro atoms. The summed E-state index contributed by atoms with van der Waals surface area (Å²) in [6.45, 7) is 3.73. The first-order valence-electron chi connectivity index (χ1n) is 11.3. The molecular weight excluding hydrogens is 402 g/mol. The Labute approximate surface area is 190 Å². The van der Waals surface area contributed by atoms with Gasteiger partial charge in [-0.2, -0.15) is 0 Å². The average Bonchev–Trinajstić information content (AvgIpc) is 3.31. The van der Waals surface area contributed by atoms with Crippen LogP contribution in [0.5, 0.6) is 5.75 Å². The van der Waals surface area contributed by atoms with Crippen molar-refractivity contribution in [3.8, 4) is 5.75 Å². The first kappa shape index (κ1) is 22.3. The molecule has 0 unspecified atom stereocenters. The lowest BCUT2D eigenvalue weighted by Crippen LogP contribution is -2.43. The Morgan fingerprint density at radius 3 is 2.31 bits per heavy atom. The van der Waals surface area contributed by atoms with E-state index in [1.807, 2.05) is 64.4 Å². The van der Waals surface area contributed by atoms with Crippen molar-refractivity contribution in [3.05, 3.63) is 65.7 Å². The maximum atomic E-state index is 13.0. The van der Waals surface area contributed by atoms with Crippen LogP contribution in [0.4, 0.5) is 0 Å². The topological polar surface area (TPSA) is 53.1 Å². The zero-order valence-electron chi connectivity index (χ0n) is 19.3. The molecule has 0 aromatic heterocycles. The van der Waals surface area contributed by atoms with E-state index in [1.165, 1.54) is 0 Å². The highest BCUT2D eigenvalue weighted by Crippen LogP contribution is 2.43. The fourth-order valence-corrected chi connectivity index (χ4v) is 5.34. The molecule has 6 nitrogen and oxygen atoms in total. The highest BCUT2D eigenvalue weighted by Gasteiger charge is 2.54. The van der Waals surface area contributed by atoms with E-state index in [4.69, 9.17) is 4.74 Å². The third-order valence-corrected chi connectivity index (χ3v) is 6.84. The molecule has 2 aliphatic heterocycles. The summed E-state index contributed by atoms with van der Waals surface area (Å²) in [4.78, 5) is 32.3. The Morgan fingerprint density at radius 2 is 1.66 bits per heavy atom. The lowest BCUT2D eigenvalue weighted by atomic mass is 9.80. The largest absolute Gasteiger partial charge is 0.497 e. The monoisotopic (exact) mass is 435 g/mol. The SMILES string of the molecule is COc1ccc(CCC(=O)N2C[C@H]3CN(C(=O)c4ccccc4)C[C@@]3(CN(C)C)C2)cc1. The van der Waals surface area contributed by atoms with Crippen LogP contribution in [-0.2, 0) is 11.2 Å². The Morgan fingerprint density at radius 1 is 1.00 bits per heavy atom. The van der Waals surface area contributed by atoms with Crippen molar-refractivity contribution in [3.63, 3.8) is 0 Å². The number of benzene rings is 2. The second kappa shape index (κ2) is 9.33. The first-order chi connectivity index (χ1) is 15.4. The zero-order chi connectivity index (χ0) is 22.7. The summed E-state index contributed by atoms with van der Waals surface area (Å²) in [5.41, 5.74) is 1.81. The minimum Gasteiger partial charge on any atom is -0.497 e. The van der Waals surface area contributed by atoms with Crippen LogP contribution >= 0.6 is 0 Å². The van der Waals surface area contributed by atoms with E-state index in [0.29, 0.717) is 25.4 Å². The molecule has 2 amide bonds. The van der Waals surface area contributed by atoms with E-state index in [1.54, 1.807) is 7.11 Å². The summed E-state index contributed by atoms with van der Waals surface area (Å²) in [6, 6.07) is 17.4. The number of fused-ring (bicyclic) bond motifs is 1. The molecule has 4 rings (SSSR count). The summed E-state index contributed by atoms with van der Waals surface area (Å²) >= 11 is 0. The number of carbonyl (C=O) groups is 2. The van der Waals surface area contributed by atoms with Crippen molar-refractivity contribution in [2.24, 2.45) is 11.3 Å². The van der Waals surface area contributed by atoms with Gasteiger partial charge in [-0.1, -0.05) is 30.3 Å². The maximum Gasteiger partial charge on any atom is 0.253 e. The smallest absolute Gasteiger partial charge is 0.253 e. The van der Waals surface area contributed by atoms with Gasteiger partial charge < -0.3 is 19.4 Å². The molecular formula is C26H33N3O3. The third-order valence-electron chi connectivity index (χ3n) is 6.84. The number of amides is 2. The molecule has 0 N–H and O–H groups in total. The maximum absolute atomic E-state index is 13.0. The Bertz CT molecular complexity index is 945. The van der Waals surface area contributed by atoms with Gasteiger partial charge in [-0.25, -0.2) is 0 Å². The second-order valence-corrected chi connectivity index (χ2v) is 9.47. The second-order valence-electron chi connectivity index (χ2n) is 9.47. The van der Waals surface area contributed by atoms with Crippen molar-refractivity contribution in [2.45, 2.75) is 12.8 Å². The standard InChI is InChI=1S/C26H33N3O3/c1-27(2)17-26-18-28(24(30)14-11-20-9-12-23(32-3)13-10-20)15-22(26)16-29(19-26)25(31)21-7-5-4-6-8-21/h4-10,12-13,22H,11,14-19H2,1-3H3/t22-,26+/m0/s1. The molecule has 32 heavy (non-hydrogen) atoms. The van der Waals surface area contributed by atoms with Crippen LogP contribution in [0.1, 0.15) is 22.3 Å². The van der Waals surface area contributed by atoms with E-state index < -0.39 is 0 Å². The highest BCUT2D eigenvalue weighted by atomic mass is 16.5. The van der Waals surface area contributed by atoms with Crippen LogP contribution in [0.3, 0.4) is 0 Å².